The molecule has 0 aromatic heterocycles. The van der Waals surface area contributed by atoms with Crippen LogP contribution in [-0.2, 0) is 11.3 Å². The SMILES string of the molecule is O=C(Nc1ccc(N2CCCN(Cc3cccc(F)c3)C2=O)cc1)C1CCC1. The topological polar surface area (TPSA) is 52.7 Å². The molecule has 2 aromatic carbocycles. The van der Waals surface area contributed by atoms with Gasteiger partial charge in [-0.3, -0.25) is 9.69 Å². The number of carbonyl (C=O) groups is 2. The van der Waals surface area contributed by atoms with E-state index >= 15 is 0 Å². The van der Waals surface area contributed by atoms with E-state index in [0.29, 0.717) is 19.6 Å². The number of hydrogen-bond acceptors (Lipinski definition) is 2. The Morgan fingerprint density at radius 1 is 1.07 bits per heavy atom. The molecule has 2 aliphatic rings. The molecule has 4 rings (SSSR count). The molecule has 2 aromatic rings. The summed E-state index contributed by atoms with van der Waals surface area (Å²) < 4.78 is 13.4. The number of nitrogens with zero attached hydrogens (tertiary/aromatic N) is 2. The second-order valence-corrected chi connectivity index (χ2v) is 7.50. The lowest BCUT2D eigenvalue weighted by molar-refractivity contribution is -0.122. The van der Waals surface area contributed by atoms with Gasteiger partial charge in [-0.25, -0.2) is 9.18 Å². The Morgan fingerprint density at radius 2 is 1.86 bits per heavy atom. The van der Waals surface area contributed by atoms with Crippen molar-refractivity contribution in [2.45, 2.75) is 32.2 Å². The van der Waals surface area contributed by atoms with Crippen molar-refractivity contribution in [2.75, 3.05) is 23.3 Å². The molecular formula is C22H24FN3O2. The van der Waals surface area contributed by atoms with Gasteiger partial charge >= 0.3 is 6.03 Å². The summed E-state index contributed by atoms with van der Waals surface area (Å²) in [5.74, 6) is -0.0765. The van der Waals surface area contributed by atoms with Gasteiger partial charge in [0.15, 0.2) is 0 Å². The Morgan fingerprint density at radius 3 is 2.54 bits per heavy atom. The van der Waals surface area contributed by atoms with Crippen molar-refractivity contribution in [3.63, 3.8) is 0 Å². The fraction of sp³-hybridized carbons (Fsp3) is 0.364. The standard InChI is InChI=1S/C22H24FN3O2/c23-18-7-1-4-16(14-18)15-25-12-3-13-26(22(25)28)20-10-8-19(9-11-20)24-21(27)17-5-2-6-17/h1,4,7-11,14,17H,2-3,5-6,12-13,15H2,(H,24,27). The summed E-state index contributed by atoms with van der Waals surface area (Å²) >= 11 is 0. The van der Waals surface area contributed by atoms with E-state index in [9.17, 15) is 14.0 Å². The summed E-state index contributed by atoms with van der Waals surface area (Å²) in [7, 11) is 0. The van der Waals surface area contributed by atoms with Crippen LogP contribution < -0.4 is 10.2 Å². The van der Waals surface area contributed by atoms with Crippen LogP contribution in [0.2, 0.25) is 0 Å². The number of benzene rings is 2. The lowest BCUT2D eigenvalue weighted by atomic mass is 9.85. The third kappa shape index (κ3) is 4.01. The van der Waals surface area contributed by atoms with Crippen molar-refractivity contribution in [1.82, 2.24) is 4.90 Å². The smallest absolute Gasteiger partial charge is 0.324 e. The number of amides is 3. The molecule has 0 unspecified atom stereocenters. The number of anilines is 2. The molecule has 5 nitrogen and oxygen atoms in total. The predicted octanol–water partition coefficient (Wildman–Crippen LogP) is 4.40. The van der Waals surface area contributed by atoms with Crippen LogP contribution in [0.4, 0.5) is 20.6 Å². The highest BCUT2D eigenvalue weighted by atomic mass is 19.1. The second-order valence-electron chi connectivity index (χ2n) is 7.50. The molecule has 0 spiro atoms. The fourth-order valence-corrected chi connectivity index (χ4v) is 3.66. The summed E-state index contributed by atoms with van der Waals surface area (Å²) in [6.07, 6.45) is 3.90. The molecule has 1 saturated heterocycles. The van der Waals surface area contributed by atoms with E-state index in [1.54, 1.807) is 15.9 Å². The normalized spacial score (nSPS) is 17.4. The first-order valence-electron chi connectivity index (χ1n) is 9.82. The van der Waals surface area contributed by atoms with Gasteiger partial charge in [-0.05, 0) is 61.2 Å². The highest BCUT2D eigenvalue weighted by Gasteiger charge is 2.27. The van der Waals surface area contributed by atoms with Gasteiger partial charge < -0.3 is 10.2 Å². The summed E-state index contributed by atoms with van der Waals surface area (Å²) in [5, 5.41) is 2.94. The van der Waals surface area contributed by atoms with E-state index in [0.717, 1.165) is 42.6 Å². The Balaban J connectivity index is 1.41. The van der Waals surface area contributed by atoms with Gasteiger partial charge in [0, 0.05) is 36.9 Å². The molecule has 1 aliphatic heterocycles. The van der Waals surface area contributed by atoms with E-state index in [1.165, 1.54) is 12.1 Å². The molecule has 2 fully saturated rings. The fourth-order valence-electron chi connectivity index (χ4n) is 3.66. The molecule has 1 heterocycles. The maximum absolute atomic E-state index is 13.4. The van der Waals surface area contributed by atoms with Gasteiger partial charge in [-0.2, -0.15) is 0 Å². The minimum absolute atomic E-state index is 0.0781. The van der Waals surface area contributed by atoms with Crippen molar-refractivity contribution in [2.24, 2.45) is 5.92 Å². The maximum Gasteiger partial charge on any atom is 0.324 e. The van der Waals surface area contributed by atoms with Crippen LogP contribution in [0.5, 0.6) is 0 Å². The quantitative estimate of drug-likeness (QED) is 0.835. The van der Waals surface area contributed by atoms with Crippen molar-refractivity contribution >= 4 is 23.3 Å². The van der Waals surface area contributed by atoms with Gasteiger partial charge in [-0.15, -0.1) is 0 Å². The Bertz CT molecular complexity index is 864. The predicted molar refractivity (Wildman–Crippen MR) is 107 cm³/mol. The van der Waals surface area contributed by atoms with Gasteiger partial charge in [0.2, 0.25) is 5.91 Å². The molecule has 146 valence electrons. The summed E-state index contributed by atoms with van der Waals surface area (Å²) in [6, 6.07) is 13.7. The molecular weight excluding hydrogens is 357 g/mol. The van der Waals surface area contributed by atoms with Gasteiger partial charge in [0.1, 0.15) is 5.82 Å². The van der Waals surface area contributed by atoms with E-state index < -0.39 is 0 Å². The number of halogens is 1. The van der Waals surface area contributed by atoms with Gasteiger partial charge in [0.25, 0.3) is 0 Å². The van der Waals surface area contributed by atoms with Crippen LogP contribution in [0.15, 0.2) is 48.5 Å². The molecule has 1 aliphatic carbocycles. The molecule has 0 bridgehead atoms. The minimum atomic E-state index is -0.293. The molecule has 0 radical (unpaired) electrons. The number of carbonyl (C=O) groups excluding carboxylic acids is 2. The number of rotatable bonds is 5. The molecule has 1 N–H and O–H groups in total. The first kappa shape index (κ1) is 18.5. The average molecular weight is 381 g/mol. The summed E-state index contributed by atoms with van der Waals surface area (Å²) in [4.78, 5) is 28.4. The van der Waals surface area contributed by atoms with Crippen molar-refractivity contribution in [1.29, 1.82) is 0 Å². The van der Waals surface area contributed by atoms with E-state index in [-0.39, 0.29) is 23.7 Å². The molecule has 28 heavy (non-hydrogen) atoms. The Labute approximate surface area is 164 Å². The van der Waals surface area contributed by atoms with Crippen LogP contribution in [0.3, 0.4) is 0 Å². The van der Waals surface area contributed by atoms with Crippen molar-refractivity contribution < 1.29 is 14.0 Å². The summed E-state index contributed by atoms with van der Waals surface area (Å²) in [6.45, 7) is 1.69. The molecule has 3 amide bonds. The zero-order chi connectivity index (χ0) is 19.5. The van der Waals surface area contributed by atoms with E-state index in [4.69, 9.17) is 0 Å². The first-order valence-corrected chi connectivity index (χ1v) is 9.82. The van der Waals surface area contributed by atoms with Crippen LogP contribution in [0, 0.1) is 11.7 Å². The Hall–Kier alpha value is -2.89. The zero-order valence-corrected chi connectivity index (χ0v) is 15.7. The molecule has 1 saturated carbocycles. The van der Waals surface area contributed by atoms with E-state index in [1.807, 2.05) is 30.3 Å². The molecule has 6 heteroatoms. The van der Waals surface area contributed by atoms with Crippen molar-refractivity contribution in [3.05, 3.63) is 59.9 Å². The largest absolute Gasteiger partial charge is 0.326 e. The van der Waals surface area contributed by atoms with Gasteiger partial charge in [-0.1, -0.05) is 18.6 Å². The van der Waals surface area contributed by atoms with Crippen molar-refractivity contribution in [3.8, 4) is 0 Å². The van der Waals surface area contributed by atoms with Crippen LogP contribution in [0.1, 0.15) is 31.2 Å². The molecule has 0 atom stereocenters. The highest BCUT2D eigenvalue weighted by molar-refractivity contribution is 5.95. The lowest BCUT2D eigenvalue weighted by Crippen LogP contribution is -2.49. The third-order valence-electron chi connectivity index (χ3n) is 5.50. The van der Waals surface area contributed by atoms with Gasteiger partial charge in [0.05, 0.1) is 0 Å². The average Bonchev–Trinajstić information content (AvgIpc) is 2.63. The third-order valence-corrected chi connectivity index (χ3v) is 5.50. The Kier molecular flexibility index (Phi) is 5.28. The first-order chi connectivity index (χ1) is 13.6. The number of hydrogen-bond donors (Lipinski definition) is 1. The van der Waals surface area contributed by atoms with E-state index in [2.05, 4.69) is 5.32 Å². The van der Waals surface area contributed by atoms with Crippen LogP contribution in [0.25, 0.3) is 0 Å². The second kappa shape index (κ2) is 8.00. The minimum Gasteiger partial charge on any atom is -0.326 e. The highest BCUT2D eigenvalue weighted by Crippen LogP contribution is 2.28. The summed E-state index contributed by atoms with van der Waals surface area (Å²) in [5.41, 5.74) is 2.33. The van der Waals surface area contributed by atoms with Crippen LogP contribution >= 0.6 is 0 Å². The van der Waals surface area contributed by atoms with Crippen LogP contribution in [-0.4, -0.2) is 29.9 Å². The number of nitrogens with one attached hydrogen (secondary N) is 1. The monoisotopic (exact) mass is 381 g/mol. The zero-order valence-electron chi connectivity index (χ0n) is 15.7. The number of urea groups is 1. The lowest BCUT2D eigenvalue weighted by Gasteiger charge is -2.35. The maximum atomic E-state index is 13.4.